The minimum absolute atomic E-state index is 0.121. The molecule has 0 bridgehead atoms. The number of aliphatic hydroxyl groups excluding tert-OH is 1. The number of rotatable bonds is 3. The molecule has 1 atom stereocenters. The molecule has 0 fully saturated rings. The smallest absolute Gasteiger partial charge is 0.129 e. The van der Waals surface area contributed by atoms with Gasteiger partial charge in [-0.25, -0.2) is 4.39 Å². The summed E-state index contributed by atoms with van der Waals surface area (Å²) in [4.78, 5) is 1.39. The molecular formula is C14H12FN3O. The van der Waals surface area contributed by atoms with Crippen molar-refractivity contribution >= 4 is 11.0 Å². The zero-order valence-electron chi connectivity index (χ0n) is 10.1. The van der Waals surface area contributed by atoms with E-state index in [1.807, 2.05) is 24.3 Å². The highest BCUT2D eigenvalue weighted by Crippen LogP contribution is 2.18. The van der Waals surface area contributed by atoms with E-state index in [9.17, 15) is 9.50 Å². The minimum atomic E-state index is -0.969. The van der Waals surface area contributed by atoms with E-state index in [0.29, 0.717) is 0 Å². The minimum Gasteiger partial charge on any atom is -0.386 e. The first kappa shape index (κ1) is 11.8. The molecule has 0 saturated carbocycles. The number of halogens is 1. The molecular weight excluding hydrogens is 245 g/mol. The van der Waals surface area contributed by atoms with E-state index >= 15 is 0 Å². The number of fused-ring (bicyclic) bond motifs is 1. The van der Waals surface area contributed by atoms with Crippen LogP contribution in [0.1, 0.15) is 11.7 Å². The van der Waals surface area contributed by atoms with Gasteiger partial charge in [0.25, 0.3) is 0 Å². The second-order valence-corrected chi connectivity index (χ2v) is 4.28. The Bertz CT molecular complexity index is 677. The van der Waals surface area contributed by atoms with Crippen LogP contribution in [0, 0.1) is 5.82 Å². The number of hydrogen-bond donors (Lipinski definition) is 1. The van der Waals surface area contributed by atoms with Gasteiger partial charge in [-0.1, -0.05) is 30.3 Å². The number of nitrogens with zero attached hydrogens (tertiary/aromatic N) is 3. The van der Waals surface area contributed by atoms with Crippen molar-refractivity contribution in [3.05, 3.63) is 59.9 Å². The third-order valence-electron chi connectivity index (χ3n) is 2.93. The van der Waals surface area contributed by atoms with Gasteiger partial charge in [-0.2, -0.15) is 15.0 Å². The van der Waals surface area contributed by atoms with Crippen LogP contribution in [-0.4, -0.2) is 20.1 Å². The quantitative estimate of drug-likeness (QED) is 0.783. The number of hydrogen-bond acceptors (Lipinski definition) is 3. The molecule has 3 rings (SSSR count). The number of aromatic nitrogens is 3. The fourth-order valence-electron chi connectivity index (χ4n) is 1.98. The summed E-state index contributed by atoms with van der Waals surface area (Å²) < 4.78 is 13.5. The predicted molar refractivity (Wildman–Crippen MR) is 68.9 cm³/mol. The second kappa shape index (κ2) is 4.78. The zero-order valence-corrected chi connectivity index (χ0v) is 10.1. The van der Waals surface area contributed by atoms with Crippen molar-refractivity contribution in [3.8, 4) is 0 Å². The summed E-state index contributed by atoms with van der Waals surface area (Å²) in [5, 5.41) is 18.5. The van der Waals surface area contributed by atoms with Crippen LogP contribution in [0.3, 0.4) is 0 Å². The Morgan fingerprint density at radius 2 is 1.58 bits per heavy atom. The van der Waals surface area contributed by atoms with Crippen LogP contribution in [0.4, 0.5) is 4.39 Å². The Morgan fingerprint density at radius 3 is 2.21 bits per heavy atom. The lowest BCUT2D eigenvalue weighted by Crippen LogP contribution is -2.12. The van der Waals surface area contributed by atoms with Crippen LogP contribution in [0.2, 0.25) is 0 Å². The van der Waals surface area contributed by atoms with Crippen molar-refractivity contribution in [1.82, 2.24) is 15.0 Å². The first-order valence-corrected chi connectivity index (χ1v) is 5.96. The van der Waals surface area contributed by atoms with Gasteiger partial charge in [0.1, 0.15) is 23.0 Å². The molecule has 1 N–H and O–H groups in total. The maximum Gasteiger partial charge on any atom is 0.129 e. The van der Waals surface area contributed by atoms with Crippen LogP contribution in [0.25, 0.3) is 11.0 Å². The molecule has 0 aliphatic heterocycles. The van der Waals surface area contributed by atoms with E-state index in [4.69, 9.17) is 0 Å². The van der Waals surface area contributed by atoms with Crippen LogP contribution >= 0.6 is 0 Å². The molecule has 19 heavy (non-hydrogen) atoms. The predicted octanol–water partition coefficient (Wildman–Crippen LogP) is 2.30. The summed E-state index contributed by atoms with van der Waals surface area (Å²) in [5.41, 5.74) is 1.76. The van der Waals surface area contributed by atoms with Crippen LogP contribution in [0.15, 0.2) is 48.5 Å². The molecule has 4 nitrogen and oxygen atoms in total. The Balaban J connectivity index is 1.86. The number of benzene rings is 2. The summed E-state index contributed by atoms with van der Waals surface area (Å²) in [6, 6.07) is 13.6. The number of aliphatic hydroxyl groups is 1. The van der Waals surface area contributed by atoms with Crippen molar-refractivity contribution in [2.45, 2.75) is 12.6 Å². The standard InChI is InChI=1S/C14H12FN3O/c15-11-6-2-1-5-10(11)14(19)9-18-16-12-7-3-4-8-13(12)17-18/h1-8,14,19H,9H2/t14-/m0/s1. The summed E-state index contributed by atoms with van der Waals surface area (Å²) in [7, 11) is 0. The summed E-state index contributed by atoms with van der Waals surface area (Å²) >= 11 is 0. The maximum atomic E-state index is 13.5. The molecule has 0 unspecified atom stereocenters. The molecule has 0 spiro atoms. The second-order valence-electron chi connectivity index (χ2n) is 4.28. The SMILES string of the molecule is O[C@@H](Cn1nc2ccccc2n1)c1ccccc1F. The third-order valence-corrected chi connectivity index (χ3v) is 2.93. The lowest BCUT2D eigenvalue weighted by atomic mass is 10.1. The van der Waals surface area contributed by atoms with Gasteiger partial charge in [-0.05, 0) is 18.2 Å². The molecule has 1 aromatic heterocycles. The van der Waals surface area contributed by atoms with E-state index in [-0.39, 0.29) is 12.1 Å². The third kappa shape index (κ3) is 2.32. The Kier molecular flexibility index (Phi) is 2.97. The fourth-order valence-corrected chi connectivity index (χ4v) is 1.98. The molecule has 3 aromatic rings. The first-order chi connectivity index (χ1) is 9.24. The highest BCUT2D eigenvalue weighted by Gasteiger charge is 2.14. The Morgan fingerprint density at radius 1 is 1.00 bits per heavy atom. The van der Waals surface area contributed by atoms with Crippen LogP contribution in [0.5, 0.6) is 0 Å². The van der Waals surface area contributed by atoms with Gasteiger partial charge in [0.15, 0.2) is 0 Å². The Hall–Kier alpha value is -2.27. The van der Waals surface area contributed by atoms with Gasteiger partial charge >= 0.3 is 0 Å². The summed E-state index contributed by atoms with van der Waals surface area (Å²) in [5.74, 6) is -0.424. The normalized spacial score (nSPS) is 12.7. The van der Waals surface area contributed by atoms with Crippen molar-refractivity contribution in [3.63, 3.8) is 0 Å². The molecule has 0 radical (unpaired) electrons. The monoisotopic (exact) mass is 257 g/mol. The molecule has 0 aliphatic carbocycles. The molecule has 2 aromatic carbocycles. The molecule has 0 saturated heterocycles. The lowest BCUT2D eigenvalue weighted by Gasteiger charge is -2.10. The molecule has 0 amide bonds. The van der Waals surface area contributed by atoms with Crippen molar-refractivity contribution in [2.24, 2.45) is 0 Å². The topological polar surface area (TPSA) is 50.9 Å². The average molecular weight is 257 g/mol. The molecule has 1 heterocycles. The van der Waals surface area contributed by atoms with Gasteiger partial charge in [-0.3, -0.25) is 0 Å². The van der Waals surface area contributed by atoms with Gasteiger partial charge in [-0.15, -0.1) is 0 Å². The lowest BCUT2D eigenvalue weighted by molar-refractivity contribution is 0.141. The average Bonchev–Trinajstić information content (AvgIpc) is 2.81. The molecule has 96 valence electrons. The summed E-state index contributed by atoms with van der Waals surface area (Å²) in [6.45, 7) is 0.121. The van der Waals surface area contributed by atoms with Crippen molar-refractivity contribution in [2.75, 3.05) is 0 Å². The van der Waals surface area contributed by atoms with Gasteiger partial charge < -0.3 is 5.11 Å². The zero-order chi connectivity index (χ0) is 13.2. The van der Waals surface area contributed by atoms with Gasteiger partial charge in [0.2, 0.25) is 0 Å². The van der Waals surface area contributed by atoms with Gasteiger partial charge in [0.05, 0.1) is 6.54 Å². The van der Waals surface area contributed by atoms with E-state index in [1.54, 1.807) is 18.2 Å². The Labute approximate surface area is 109 Å². The summed E-state index contributed by atoms with van der Waals surface area (Å²) in [6.07, 6.45) is -0.969. The van der Waals surface area contributed by atoms with E-state index in [2.05, 4.69) is 10.2 Å². The van der Waals surface area contributed by atoms with Crippen LogP contribution in [-0.2, 0) is 6.54 Å². The van der Waals surface area contributed by atoms with E-state index in [0.717, 1.165) is 11.0 Å². The maximum absolute atomic E-state index is 13.5. The largest absolute Gasteiger partial charge is 0.386 e. The fraction of sp³-hybridized carbons (Fsp3) is 0.143. The molecule has 5 heteroatoms. The molecule has 0 aliphatic rings. The van der Waals surface area contributed by atoms with Crippen molar-refractivity contribution in [1.29, 1.82) is 0 Å². The highest BCUT2D eigenvalue weighted by molar-refractivity contribution is 5.72. The first-order valence-electron chi connectivity index (χ1n) is 5.96. The van der Waals surface area contributed by atoms with Crippen molar-refractivity contribution < 1.29 is 9.50 Å². The van der Waals surface area contributed by atoms with E-state index in [1.165, 1.54) is 10.9 Å². The van der Waals surface area contributed by atoms with E-state index < -0.39 is 11.9 Å². The van der Waals surface area contributed by atoms with Gasteiger partial charge in [0, 0.05) is 5.56 Å². The van der Waals surface area contributed by atoms with Crippen LogP contribution < -0.4 is 0 Å². The highest BCUT2D eigenvalue weighted by atomic mass is 19.1.